The molecule has 0 saturated carbocycles. The van der Waals surface area contributed by atoms with Gasteiger partial charge in [0.25, 0.3) is 0 Å². The van der Waals surface area contributed by atoms with Gasteiger partial charge in [0.05, 0.1) is 5.41 Å². The summed E-state index contributed by atoms with van der Waals surface area (Å²) in [6.07, 6.45) is 5.18. The van der Waals surface area contributed by atoms with Crippen molar-refractivity contribution in [2.75, 3.05) is 26.2 Å². The van der Waals surface area contributed by atoms with Crippen LogP contribution in [0.1, 0.15) is 46.0 Å². The maximum atomic E-state index is 12.5. The van der Waals surface area contributed by atoms with Crippen molar-refractivity contribution in [3.05, 3.63) is 0 Å². The molecule has 0 radical (unpaired) electrons. The molecule has 0 aromatic heterocycles. The van der Waals surface area contributed by atoms with Crippen molar-refractivity contribution >= 4 is 12.0 Å². The second-order valence-corrected chi connectivity index (χ2v) is 6.64. The zero-order valence-corrected chi connectivity index (χ0v) is 12.6. The number of aliphatic carboxylic acids is 1. The van der Waals surface area contributed by atoms with Crippen molar-refractivity contribution in [1.29, 1.82) is 0 Å². The molecule has 0 aliphatic carbocycles. The van der Waals surface area contributed by atoms with Crippen molar-refractivity contribution in [2.24, 2.45) is 11.3 Å². The first-order valence-corrected chi connectivity index (χ1v) is 7.70. The minimum atomic E-state index is -0.769. The summed E-state index contributed by atoms with van der Waals surface area (Å²) >= 11 is 0. The Morgan fingerprint density at radius 2 is 1.60 bits per heavy atom. The summed E-state index contributed by atoms with van der Waals surface area (Å²) in [5.41, 5.74) is -0.763. The van der Waals surface area contributed by atoms with Crippen LogP contribution in [0.3, 0.4) is 0 Å². The first-order valence-electron chi connectivity index (χ1n) is 7.70. The van der Waals surface area contributed by atoms with E-state index in [-0.39, 0.29) is 11.9 Å². The lowest BCUT2D eigenvalue weighted by atomic mass is 9.74. The third-order valence-electron chi connectivity index (χ3n) is 4.89. The third-order valence-corrected chi connectivity index (χ3v) is 4.89. The van der Waals surface area contributed by atoms with Gasteiger partial charge in [-0.15, -0.1) is 0 Å². The number of carbonyl (C=O) groups is 2. The van der Waals surface area contributed by atoms with Crippen molar-refractivity contribution in [3.8, 4) is 0 Å². The molecule has 1 unspecified atom stereocenters. The molecule has 0 spiro atoms. The van der Waals surface area contributed by atoms with E-state index in [1.165, 1.54) is 6.42 Å². The fourth-order valence-electron chi connectivity index (χ4n) is 3.20. The normalized spacial score (nSPS) is 24.6. The van der Waals surface area contributed by atoms with Gasteiger partial charge in [0.2, 0.25) is 0 Å². The molecule has 2 aliphatic heterocycles. The first-order chi connectivity index (χ1) is 9.43. The highest BCUT2D eigenvalue weighted by atomic mass is 16.4. The largest absolute Gasteiger partial charge is 0.481 e. The molecule has 5 nitrogen and oxygen atoms in total. The summed E-state index contributed by atoms with van der Waals surface area (Å²) in [6.45, 7) is 6.59. The van der Waals surface area contributed by atoms with Gasteiger partial charge < -0.3 is 14.9 Å². The summed E-state index contributed by atoms with van der Waals surface area (Å²) in [5, 5.41) is 9.35. The second-order valence-electron chi connectivity index (χ2n) is 6.64. The lowest BCUT2D eigenvalue weighted by Gasteiger charge is -2.41. The number of rotatable bonds is 2. The number of hydrogen-bond acceptors (Lipinski definition) is 2. The molecule has 2 saturated heterocycles. The Kier molecular flexibility index (Phi) is 4.55. The Hall–Kier alpha value is -1.26. The molecule has 0 bridgehead atoms. The molecule has 2 rings (SSSR count). The van der Waals surface area contributed by atoms with Gasteiger partial charge in [-0.05, 0) is 51.9 Å². The predicted octanol–water partition coefficient (Wildman–Crippen LogP) is 2.42. The molecule has 2 aliphatic rings. The number of piperidine rings is 2. The number of carbonyl (C=O) groups excluding carboxylic acids is 1. The number of urea groups is 1. The van der Waals surface area contributed by atoms with Gasteiger partial charge in [-0.3, -0.25) is 4.79 Å². The fourth-order valence-corrected chi connectivity index (χ4v) is 3.20. The van der Waals surface area contributed by atoms with E-state index in [1.807, 2.05) is 9.80 Å². The smallest absolute Gasteiger partial charge is 0.320 e. The van der Waals surface area contributed by atoms with E-state index in [9.17, 15) is 14.7 Å². The minimum absolute atomic E-state index is 0.0440. The number of carboxylic acid groups (broad SMARTS) is 1. The highest BCUT2D eigenvalue weighted by Gasteiger charge is 2.40. The van der Waals surface area contributed by atoms with Gasteiger partial charge in [-0.2, -0.15) is 0 Å². The van der Waals surface area contributed by atoms with Crippen molar-refractivity contribution < 1.29 is 14.7 Å². The zero-order valence-electron chi connectivity index (χ0n) is 12.6. The van der Waals surface area contributed by atoms with Gasteiger partial charge >= 0.3 is 12.0 Å². The van der Waals surface area contributed by atoms with E-state index in [2.05, 4.69) is 0 Å². The number of likely N-dealkylation sites (tertiary alicyclic amines) is 2. The van der Waals surface area contributed by atoms with Crippen LogP contribution in [0, 0.1) is 11.3 Å². The summed E-state index contributed by atoms with van der Waals surface area (Å²) in [4.78, 5) is 27.7. The number of amides is 2. The van der Waals surface area contributed by atoms with Crippen LogP contribution in [0.15, 0.2) is 0 Å². The van der Waals surface area contributed by atoms with Crippen LogP contribution in [0.25, 0.3) is 0 Å². The predicted molar refractivity (Wildman–Crippen MR) is 76.5 cm³/mol. The number of carboxylic acids is 1. The molecular formula is C15H26N2O3. The SMILES string of the molecule is CC(C)(C(=O)O)C1CCCN(C(=O)N2CCCCC2)C1. The van der Waals surface area contributed by atoms with Crippen LogP contribution < -0.4 is 0 Å². The lowest BCUT2D eigenvalue weighted by Crippen LogP contribution is -2.52. The fraction of sp³-hybridized carbons (Fsp3) is 0.867. The van der Waals surface area contributed by atoms with Crippen LogP contribution in [0.4, 0.5) is 4.79 Å². The average molecular weight is 282 g/mol. The molecule has 114 valence electrons. The average Bonchev–Trinajstić information content (AvgIpc) is 2.47. The number of hydrogen-bond donors (Lipinski definition) is 1. The quantitative estimate of drug-likeness (QED) is 0.846. The van der Waals surface area contributed by atoms with Gasteiger partial charge in [0.1, 0.15) is 0 Å². The van der Waals surface area contributed by atoms with E-state index >= 15 is 0 Å². The van der Waals surface area contributed by atoms with Crippen molar-refractivity contribution in [3.63, 3.8) is 0 Å². The van der Waals surface area contributed by atoms with E-state index < -0.39 is 11.4 Å². The molecule has 2 fully saturated rings. The minimum Gasteiger partial charge on any atom is -0.481 e. The van der Waals surface area contributed by atoms with Crippen molar-refractivity contribution in [1.82, 2.24) is 9.80 Å². The molecule has 2 heterocycles. The Balaban J connectivity index is 1.99. The molecule has 1 N–H and O–H groups in total. The second kappa shape index (κ2) is 6.02. The van der Waals surface area contributed by atoms with Crippen molar-refractivity contribution in [2.45, 2.75) is 46.0 Å². The van der Waals surface area contributed by atoms with Crippen LogP contribution in [-0.4, -0.2) is 53.1 Å². The molecule has 20 heavy (non-hydrogen) atoms. The van der Waals surface area contributed by atoms with Gasteiger partial charge in [0, 0.05) is 26.2 Å². The summed E-state index contributed by atoms with van der Waals surface area (Å²) in [7, 11) is 0. The highest BCUT2D eigenvalue weighted by Crippen LogP contribution is 2.34. The molecule has 5 heteroatoms. The Morgan fingerprint density at radius 1 is 1.00 bits per heavy atom. The lowest BCUT2D eigenvalue weighted by molar-refractivity contribution is -0.151. The van der Waals surface area contributed by atoms with E-state index in [0.29, 0.717) is 6.54 Å². The summed E-state index contributed by atoms with van der Waals surface area (Å²) in [6, 6.07) is 0.107. The molecule has 2 amide bonds. The molecule has 0 aromatic carbocycles. The summed E-state index contributed by atoms with van der Waals surface area (Å²) < 4.78 is 0. The van der Waals surface area contributed by atoms with Crippen LogP contribution in [-0.2, 0) is 4.79 Å². The first kappa shape index (κ1) is 15.1. The monoisotopic (exact) mass is 282 g/mol. The Bertz CT molecular complexity index is 375. The van der Waals surface area contributed by atoms with E-state index in [0.717, 1.165) is 45.3 Å². The van der Waals surface area contributed by atoms with Gasteiger partial charge in [-0.25, -0.2) is 4.79 Å². The zero-order chi connectivity index (χ0) is 14.8. The van der Waals surface area contributed by atoms with E-state index in [1.54, 1.807) is 13.8 Å². The maximum absolute atomic E-state index is 12.5. The summed E-state index contributed by atoms with van der Waals surface area (Å²) in [5.74, 6) is -0.725. The van der Waals surface area contributed by atoms with Crippen LogP contribution in [0.2, 0.25) is 0 Å². The van der Waals surface area contributed by atoms with Crippen LogP contribution >= 0.6 is 0 Å². The van der Waals surface area contributed by atoms with E-state index in [4.69, 9.17) is 0 Å². The Morgan fingerprint density at radius 3 is 2.20 bits per heavy atom. The van der Waals surface area contributed by atoms with Gasteiger partial charge in [-0.1, -0.05) is 0 Å². The molecular weight excluding hydrogens is 256 g/mol. The molecule has 0 aromatic rings. The highest BCUT2D eigenvalue weighted by molar-refractivity contribution is 5.76. The standard InChI is InChI=1S/C15H26N2O3/c1-15(2,13(18)19)12-7-6-10-17(11-12)14(20)16-8-4-3-5-9-16/h12H,3-11H2,1-2H3,(H,18,19). The number of nitrogens with zero attached hydrogens (tertiary/aromatic N) is 2. The molecule has 1 atom stereocenters. The van der Waals surface area contributed by atoms with Crippen LogP contribution in [0.5, 0.6) is 0 Å². The Labute approximate surface area is 120 Å². The maximum Gasteiger partial charge on any atom is 0.320 e. The third kappa shape index (κ3) is 3.07. The van der Waals surface area contributed by atoms with Gasteiger partial charge in [0.15, 0.2) is 0 Å². The topological polar surface area (TPSA) is 60.9 Å².